The monoisotopic (exact) mass is 399 g/mol. The molecule has 0 aliphatic carbocycles. The minimum Gasteiger partial charge on any atom is -0.338 e. The van der Waals surface area contributed by atoms with E-state index >= 15 is 0 Å². The molecule has 0 spiro atoms. The van der Waals surface area contributed by atoms with Crippen LogP contribution in [0.4, 0.5) is 5.69 Å². The van der Waals surface area contributed by atoms with Crippen LogP contribution in [-0.2, 0) is 21.4 Å². The summed E-state index contributed by atoms with van der Waals surface area (Å²) >= 11 is 1.16. The molecular weight excluding hydrogens is 382 g/mol. The molecule has 0 atom stereocenters. The Morgan fingerprint density at radius 1 is 1.35 bits per heavy atom. The molecule has 0 bridgehead atoms. The molecule has 3 heterocycles. The van der Waals surface area contributed by atoms with Crippen molar-refractivity contribution in [3.63, 3.8) is 0 Å². The minimum absolute atomic E-state index is 0.119. The lowest BCUT2D eigenvalue weighted by atomic mass is 10.3. The second-order valence-electron chi connectivity index (χ2n) is 5.77. The summed E-state index contributed by atoms with van der Waals surface area (Å²) in [6.45, 7) is 2.35. The lowest BCUT2D eigenvalue weighted by molar-refractivity contribution is -0.385. The van der Waals surface area contributed by atoms with E-state index in [-0.39, 0.29) is 54.2 Å². The van der Waals surface area contributed by atoms with Crippen LogP contribution < -0.4 is 0 Å². The van der Waals surface area contributed by atoms with Crippen molar-refractivity contribution in [2.75, 3.05) is 26.2 Å². The number of aromatic nitrogens is 2. The van der Waals surface area contributed by atoms with E-state index in [2.05, 4.69) is 5.10 Å². The summed E-state index contributed by atoms with van der Waals surface area (Å²) in [6.07, 6.45) is 1.23. The van der Waals surface area contributed by atoms with Crippen molar-refractivity contribution in [1.82, 2.24) is 19.0 Å². The molecule has 1 amide bonds. The number of hydrogen-bond acceptors (Lipinski definition) is 7. The van der Waals surface area contributed by atoms with Crippen molar-refractivity contribution in [2.45, 2.75) is 17.7 Å². The Hall–Kier alpha value is -2.31. The molecule has 0 radical (unpaired) electrons. The second kappa shape index (κ2) is 7.13. The lowest BCUT2D eigenvalue weighted by Crippen LogP contribution is -2.51. The van der Waals surface area contributed by atoms with Gasteiger partial charge in [-0.2, -0.15) is 9.40 Å². The van der Waals surface area contributed by atoms with Crippen molar-refractivity contribution in [2.24, 2.45) is 0 Å². The van der Waals surface area contributed by atoms with Crippen LogP contribution in [0.1, 0.15) is 5.69 Å². The van der Waals surface area contributed by atoms with Crippen LogP contribution in [-0.4, -0.2) is 64.4 Å². The molecule has 0 N–H and O–H groups in total. The number of nitrogens with zero attached hydrogens (tertiary/aromatic N) is 5. The van der Waals surface area contributed by atoms with Crippen LogP contribution >= 0.6 is 11.3 Å². The standard InChI is InChI=1S/C14H17N5O5S2/c1-11-12(19(21)22)9-17(15-11)10-13(20)16-4-6-18(7-5-16)26(23,24)14-3-2-8-25-14/h2-3,8-9H,4-7,10H2,1H3. The van der Waals surface area contributed by atoms with E-state index < -0.39 is 14.9 Å². The first kappa shape index (κ1) is 18.5. The average Bonchev–Trinajstić information content (AvgIpc) is 3.25. The third-order valence-corrected chi connectivity index (χ3v) is 7.37. The van der Waals surface area contributed by atoms with Gasteiger partial charge in [-0.1, -0.05) is 6.07 Å². The fraction of sp³-hybridized carbons (Fsp3) is 0.429. The third-order valence-electron chi connectivity index (χ3n) is 4.09. The number of sulfonamides is 1. The van der Waals surface area contributed by atoms with E-state index in [4.69, 9.17) is 0 Å². The van der Waals surface area contributed by atoms with Gasteiger partial charge in [-0.25, -0.2) is 8.42 Å². The summed E-state index contributed by atoms with van der Waals surface area (Å²) in [6, 6.07) is 3.24. The van der Waals surface area contributed by atoms with Crippen molar-refractivity contribution < 1.29 is 18.1 Å². The SMILES string of the molecule is Cc1nn(CC(=O)N2CCN(S(=O)(=O)c3cccs3)CC2)cc1[N+](=O)[O-]. The summed E-state index contributed by atoms with van der Waals surface area (Å²) in [5.41, 5.74) is 0.110. The number of amides is 1. The fourth-order valence-corrected chi connectivity index (χ4v) is 5.29. The van der Waals surface area contributed by atoms with E-state index in [1.54, 1.807) is 22.4 Å². The van der Waals surface area contributed by atoms with E-state index in [9.17, 15) is 23.3 Å². The largest absolute Gasteiger partial charge is 0.338 e. The van der Waals surface area contributed by atoms with Crippen molar-refractivity contribution in [3.8, 4) is 0 Å². The summed E-state index contributed by atoms with van der Waals surface area (Å²) in [4.78, 5) is 24.2. The molecular formula is C14H17N5O5S2. The zero-order valence-corrected chi connectivity index (χ0v) is 15.6. The van der Waals surface area contributed by atoms with Gasteiger partial charge in [0.2, 0.25) is 5.91 Å². The molecule has 0 saturated carbocycles. The van der Waals surface area contributed by atoms with E-state index in [1.165, 1.54) is 22.1 Å². The summed E-state index contributed by atoms with van der Waals surface area (Å²) in [5.74, 6) is -0.254. The molecule has 26 heavy (non-hydrogen) atoms. The smallest absolute Gasteiger partial charge is 0.309 e. The summed E-state index contributed by atoms with van der Waals surface area (Å²) in [7, 11) is -3.52. The normalized spacial score (nSPS) is 16.0. The molecule has 3 rings (SSSR count). The van der Waals surface area contributed by atoms with Gasteiger partial charge in [0.05, 0.1) is 4.92 Å². The summed E-state index contributed by atoms with van der Waals surface area (Å²) < 4.78 is 27.8. The third kappa shape index (κ3) is 3.61. The Kier molecular flexibility index (Phi) is 5.07. The van der Waals surface area contributed by atoms with Gasteiger partial charge in [0.1, 0.15) is 22.6 Å². The molecule has 1 aliphatic heterocycles. The number of carbonyl (C=O) groups excluding carboxylic acids is 1. The molecule has 0 aromatic carbocycles. The topological polar surface area (TPSA) is 119 Å². The van der Waals surface area contributed by atoms with E-state index in [0.717, 1.165) is 11.3 Å². The highest BCUT2D eigenvalue weighted by Crippen LogP contribution is 2.22. The van der Waals surface area contributed by atoms with Crippen LogP contribution in [0.25, 0.3) is 0 Å². The van der Waals surface area contributed by atoms with Gasteiger partial charge >= 0.3 is 5.69 Å². The maximum atomic E-state index is 12.5. The van der Waals surface area contributed by atoms with Crippen LogP contribution in [0, 0.1) is 17.0 Å². The number of aryl methyl sites for hydroxylation is 1. The molecule has 0 unspecified atom stereocenters. The Balaban J connectivity index is 1.60. The number of piperazine rings is 1. The molecule has 1 aliphatic rings. The van der Waals surface area contributed by atoms with Crippen LogP contribution in [0.3, 0.4) is 0 Å². The highest BCUT2D eigenvalue weighted by atomic mass is 32.2. The second-order valence-corrected chi connectivity index (χ2v) is 8.88. The lowest BCUT2D eigenvalue weighted by Gasteiger charge is -2.33. The predicted molar refractivity (Wildman–Crippen MR) is 93.3 cm³/mol. The minimum atomic E-state index is -3.52. The molecule has 10 nitrogen and oxygen atoms in total. The molecule has 2 aromatic rings. The quantitative estimate of drug-likeness (QED) is 0.539. The predicted octanol–water partition coefficient (Wildman–Crippen LogP) is 0.694. The van der Waals surface area contributed by atoms with Gasteiger partial charge in [-0.15, -0.1) is 11.3 Å². The van der Waals surface area contributed by atoms with Gasteiger partial charge < -0.3 is 4.90 Å². The summed E-state index contributed by atoms with van der Waals surface area (Å²) in [5, 5.41) is 16.5. The van der Waals surface area contributed by atoms with Crippen molar-refractivity contribution in [3.05, 3.63) is 39.5 Å². The number of thiophene rings is 1. The highest BCUT2D eigenvalue weighted by Gasteiger charge is 2.31. The van der Waals surface area contributed by atoms with Gasteiger partial charge in [-0.3, -0.25) is 19.6 Å². The van der Waals surface area contributed by atoms with Crippen LogP contribution in [0.5, 0.6) is 0 Å². The van der Waals surface area contributed by atoms with Crippen molar-refractivity contribution >= 4 is 33.0 Å². The Labute approximate surface area is 153 Å². The molecule has 2 aromatic heterocycles. The zero-order valence-electron chi connectivity index (χ0n) is 13.9. The number of nitro groups is 1. The molecule has 12 heteroatoms. The first-order valence-corrected chi connectivity index (χ1v) is 10.1. The number of hydrogen-bond donors (Lipinski definition) is 0. The molecule has 1 fully saturated rings. The highest BCUT2D eigenvalue weighted by molar-refractivity contribution is 7.91. The van der Waals surface area contributed by atoms with Gasteiger partial charge in [0.15, 0.2) is 0 Å². The fourth-order valence-electron chi connectivity index (χ4n) is 2.72. The molecule has 140 valence electrons. The van der Waals surface area contributed by atoms with Gasteiger partial charge in [0, 0.05) is 26.2 Å². The number of carbonyl (C=O) groups is 1. The maximum Gasteiger partial charge on any atom is 0.309 e. The van der Waals surface area contributed by atoms with E-state index in [0.29, 0.717) is 0 Å². The van der Waals surface area contributed by atoms with Crippen LogP contribution in [0.2, 0.25) is 0 Å². The average molecular weight is 399 g/mol. The van der Waals surface area contributed by atoms with Crippen molar-refractivity contribution in [1.29, 1.82) is 0 Å². The van der Waals surface area contributed by atoms with Gasteiger partial charge in [0.25, 0.3) is 10.0 Å². The maximum absolute atomic E-state index is 12.5. The Morgan fingerprint density at radius 2 is 2.04 bits per heavy atom. The Bertz CT molecular complexity index is 914. The Morgan fingerprint density at radius 3 is 2.58 bits per heavy atom. The zero-order chi connectivity index (χ0) is 18.9. The van der Waals surface area contributed by atoms with E-state index in [1.807, 2.05) is 0 Å². The number of rotatable bonds is 5. The first-order valence-electron chi connectivity index (χ1n) is 7.79. The van der Waals surface area contributed by atoms with Crippen LogP contribution in [0.15, 0.2) is 27.9 Å². The van der Waals surface area contributed by atoms with Gasteiger partial charge in [-0.05, 0) is 18.4 Å². The molecule has 1 saturated heterocycles. The first-order chi connectivity index (χ1) is 12.3.